The third kappa shape index (κ3) is 5.16. The van der Waals surface area contributed by atoms with Crippen LogP contribution in [0.5, 0.6) is 0 Å². The van der Waals surface area contributed by atoms with Crippen molar-refractivity contribution >= 4 is 11.8 Å². The van der Waals surface area contributed by atoms with Crippen LogP contribution in [0.1, 0.15) is 54.4 Å². The number of carbonyl (C=O) groups excluding carboxylic acids is 2. The molecular weight excluding hydrogens is 340 g/mol. The second-order valence-corrected chi connectivity index (χ2v) is 7.38. The summed E-state index contributed by atoms with van der Waals surface area (Å²) in [6, 6.07) is 7.66. The lowest BCUT2D eigenvalue weighted by atomic mass is 10.00. The molecule has 0 radical (unpaired) electrons. The first-order valence-corrected chi connectivity index (χ1v) is 9.54. The van der Waals surface area contributed by atoms with E-state index in [4.69, 9.17) is 6.42 Å². The van der Waals surface area contributed by atoms with Crippen LogP contribution in [-0.4, -0.2) is 41.5 Å². The van der Waals surface area contributed by atoms with Crippen LogP contribution in [-0.2, 0) is 4.79 Å². The number of nitrogens with one attached hydrogen (secondary N) is 1. The van der Waals surface area contributed by atoms with Crippen LogP contribution >= 0.6 is 0 Å². The Bertz CT molecular complexity index is 749. The Balaban J connectivity index is 1.39. The molecule has 0 spiro atoms. The fourth-order valence-electron chi connectivity index (χ4n) is 3.38. The lowest BCUT2D eigenvalue weighted by molar-refractivity contribution is -0.132. The van der Waals surface area contributed by atoms with Crippen LogP contribution in [0.25, 0.3) is 0 Å². The van der Waals surface area contributed by atoms with E-state index in [9.17, 15) is 9.59 Å². The molecule has 2 aliphatic heterocycles. The summed E-state index contributed by atoms with van der Waals surface area (Å²) in [6.07, 6.45) is 9.28. The summed E-state index contributed by atoms with van der Waals surface area (Å²) in [6.45, 7) is 3.34. The third-order valence-electron chi connectivity index (χ3n) is 5.29. The Morgan fingerprint density at radius 3 is 2.48 bits per heavy atom. The first-order chi connectivity index (χ1) is 13.0. The predicted octanol–water partition coefficient (Wildman–Crippen LogP) is 3.07. The van der Waals surface area contributed by atoms with Crippen molar-refractivity contribution in [2.75, 3.05) is 13.1 Å². The van der Waals surface area contributed by atoms with Crippen LogP contribution in [0, 0.1) is 19.3 Å². The van der Waals surface area contributed by atoms with Crippen molar-refractivity contribution in [1.82, 2.24) is 10.2 Å². The predicted molar refractivity (Wildman–Crippen MR) is 103 cm³/mol. The average molecular weight is 366 g/mol. The SMILES string of the molecule is C#CCCC1(CCC(=O)N2CCC(NC(=O)c3ccc(C)cc3)CC2)N=N1. The number of rotatable bonds is 7. The van der Waals surface area contributed by atoms with Crippen molar-refractivity contribution in [3.8, 4) is 12.3 Å². The van der Waals surface area contributed by atoms with Gasteiger partial charge in [0.25, 0.3) is 5.91 Å². The minimum Gasteiger partial charge on any atom is -0.349 e. The number of piperidine rings is 1. The first kappa shape index (κ1) is 19.1. The minimum absolute atomic E-state index is 0.0489. The highest BCUT2D eigenvalue weighted by atomic mass is 16.2. The molecule has 6 heteroatoms. The van der Waals surface area contributed by atoms with Gasteiger partial charge in [0.15, 0.2) is 5.66 Å². The number of aryl methyl sites for hydroxylation is 1. The smallest absolute Gasteiger partial charge is 0.251 e. The number of nitrogens with zero attached hydrogens (tertiary/aromatic N) is 3. The van der Waals surface area contributed by atoms with Gasteiger partial charge < -0.3 is 10.2 Å². The number of amides is 2. The monoisotopic (exact) mass is 366 g/mol. The van der Waals surface area contributed by atoms with Gasteiger partial charge in [-0.3, -0.25) is 9.59 Å². The van der Waals surface area contributed by atoms with E-state index in [0.717, 1.165) is 24.8 Å². The summed E-state index contributed by atoms with van der Waals surface area (Å²) >= 11 is 0. The zero-order valence-electron chi connectivity index (χ0n) is 15.8. The molecule has 1 N–H and O–H groups in total. The molecule has 3 rings (SSSR count). The van der Waals surface area contributed by atoms with Crippen LogP contribution in [0.2, 0.25) is 0 Å². The van der Waals surface area contributed by atoms with Crippen molar-refractivity contribution in [3.63, 3.8) is 0 Å². The Labute approximate surface area is 160 Å². The van der Waals surface area contributed by atoms with Gasteiger partial charge in [0, 0.05) is 50.4 Å². The number of terminal acetylenes is 1. The minimum atomic E-state index is -0.400. The summed E-state index contributed by atoms with van der Waals surface area (Å²) < 4.78 is 0. The number of benzene rings is 1. The van der Waals surface area contributed by atoms with Gasteiger partial charge in [0.2, 0.25) is 5.91 Å². The van der Waals surface area contributed by atoms with Crippen molar-refractivity contribution in [2.24, 2.45) is 10.2 Å². The maximum Gasteiger partial charge on any atom is 0.251 e. The molecule has 0 aliphatic carbocycles. The molecule has 0 atom stereocenters. The van der Waals surface area contributed by atoms with E-state index in [-0.39, 0.29) is 17.9 Å². The summed E-state index contributed by atoms with van der Waals surface area (Å²) in [5.41, 5.74) is 1.40. The largest absolute Gasteiger partial charge is 0.349 e. The number of carbonyl (C=O) groups is 2. The maximum absolute atomic E-state index is 12.4. The van der Waals surface area contributed by atoms with E-state index in [2.05, 4.69) is 21.5 Å². The second-order valence-electron chi connectivity index (χ2n) is 7.38. The highest BCUT2D eigenvalue weighted by molar-refractivity contribution is 5.94. The van der Waals surface area contributed by atoms with E-state index in [0.29, 0.717) is 37.9 Å². The number of hydrogen-bond acceptors (Lipinski definition) is 4. The molecule has 2 aliphatic rings. The van der Waals surface area contributed by atoms with E-state index in [1.165, 1.54) is 0 Å². The molecule has 0 aromatic heterocycles. The fraction of sp³-hybridized carbons (Fsp3) is 0.524. The molecule has 1 fully saturated rings. The Hall–Kier alpha value is -2.68. The second kappa shape index (κ2) is 8.34. The number of hydrogen-bond donors (Lipinski definition) is 1. The first-order valence-electron chi connectivity index (χ1n) is 9.54. The fourth-order valence-corrected chi connectivity index (χ4v) is 3.38. The highest BCUT2D eigenvalue weighted by Crippen LogP contribution is 2.37. The molecule has 1 aromatic rings. The quantitative estimate of drug-likeness (QED) is 0.753. The lowest BCUT2D eigenvalue weighted by Gasteiger charge is -2.32. The third-order valence-corrected chi connectivity index (χ3v) is 5.29. The molecule has 0 saturated carbocycles. The molecule has 1 saturated heterocycles. The van der Waals surface area contributed by atoms with Crippen molar-refractivity contribution in [2.45, 2.75) is 57.2 Å². The molecule has 2 heterocycles. The maximum atomic E-state index is 12.4. The molecule has 2 amide bonds. The van der Waals surface area contributed by atoms with Crippen LogP contribution in [0.3, 0.4) is 0 Å². The van der Waals surface area contributed by atoms with Crippen LogP contribution < -0.4 is 5.32 Å². The zero-order chi connectivity index (χ0) is 19.3. The Kier molecular flexibility index (Phi) is 5.90. The average Bonchev–Trinajstić information content (AvgIpc) is 3.46. The van der Waals surface area contributed by atoms with Crippen LogP contribution in [0.15, 0.2) is 34.5 Å². The van der Waals surface area contributed by atoms with Crippen molar-refractivity contribution < 1.29 is 9.59 Å². The number of likely N-dealkylation sites (tertiary alicyclic amines) is 1. The molecule has 1 aromatic carbocycles. The molecule has 0 unspecified atom stereocenters. The summed E-state index contributed by atoms with van der Waals surface area (Å²) in [5.74, 6) is 2.69. The van der Waals surface area contributed by atoms with Gasteiger partial charge >= 0.3 is 0 Å². The van der Waals surface area contributed by atoms with E-state index in [1.54, 1.807) is 0 Å². The summed E-state index contributed by atoms with van der Waals surface area (Å²) in [5, 5.41) is 11.2. The molecule has 0 bridgehead atoms. The lowest BCUT2D eigenvalue weighted by Crippen LogP contribution is -2.46. The van der Waals surface area contributed by atoms with Gasteiger partial charge in [-0.05, 0) is 31.9 Å². The summed E-state index contributed by atoms with van der Waals surface area (Å²) in [7, 11) is 0. The van der Waals surface area contributed by atoms with Gasteiger partial charge in [-0.1, -0.05) is 17.7 Å². The molecular formula is C21H26N4O2. The normalized spacial score (nSPS) is 18.0. The van der Waals surface area contributed by atoms with E-state index in [1.807, 2.05) is 36.1 Å². The van der Waals surface area contributed by atoms with Gasteiger partial charge in [-0.25, -0.2) is 0 Å². The standard InChI is InChI=1S/C21H26N4O2/c1-3-4-12-21(23-24-21)13-9-19(26)25-14-10-18(11-15-25)22-20(27)17-7-5-16(2)6-8-17/h1,5-8,18H,4,9-15H2,2H3,(H,22,27). The van der Waals surface area contributed by atoms with Crippen molar-refractivity contribution in [1.29, 1.82) is 0 Å². The highest BCUT2D eigenvalue weighted by Gasteiger charge is 2.39. The van der Waals surface area contributed by atoms with Crippen molar-refractivity contribution in [3.05, 3.63) is 35.4 Å². The van der Waals surface area contributed by atoms with Gasteiger partial charge in [-0.2, -0.15) is 10.2 Å². The Morgan fingerprint density at radius 2 is 1.89 bits per heavy atom. The van der Waals surface area contributed by atoms with Crippen LogP contribution in [0.4, 0.5) is 0 Å². The summed E-state index contributed by atoms with van der Waals surface area (Å²) in [4.78, 5) is 26.6. The van der Waals surface area contributed by atoms with E-state index < -0.39 is 5.66 Å². The van der Waals surface area contributed by atoms with Gasteiger partial charge in [-0.15, -0.1) is 12.3 Å². The molecule has 27 heavy (non-hydrogen) atoms. The van der Waals surface area contributed by atoms with E-state index >= 15 is 0 Å². The molecule has 142 valence electrons. The Morgan fingerprint density at radius 1 is 1.22 bits per heavy atom. The van der Waals surface area contributed by atoms with Gasteiger partial charge in [0.1, 0.15) is 0 Å². The molecule has 6 nitrogen and oxygen atoms in total. The topological polar surface area (TPSA) is 74.1 Å². The van der Waals surface area contributed by atoms with Gasteiger partial charge in [0.05, 0.1) is 0 Å². The zero-order valence-corrected chi connectivity index (χ0v) is 15.8.